The molecule has 0 aromatic heterocycles. The lowest BCUT2D eigenvalue weighted by Gasteiger charge is -2.31. The van der Waals surface area contributed by atoms with Gasteiger partial charge in [0.1, 0.15) is 6.04 Å². The molecule has 106 valence electrons. The van der Waals surface area contributed by atoms with E-state index in [9.17, 15) is 9.59 Å². The lowest BCUT2D eigenvalue weighted by atomic mass is 9.91. The van der Waals surface area contributed by atoms with Crippen molar-refractivity contribution in [3.63, 3.8) is 0 Å². The summed E-state index contributed by atoms with van der Waals surface area (Å²) in [5.74, 6) is -0.0328. The topological polar surface area (TPSA) is 40.6 Å². The Morgan fingerprint density at radius 2 is 2.00 bits per heavy atom. The molecule has 2 heterocycles. The van der Waals surface area contributed by atoms with Crippen molar-refractivity contribution in [1.82, 2.24) is 4.90 Å². The van der Waals surface area contributed by atoms with Gasteiger partial charge in [0.15, 0.2) is 0 Å². The lowest BCUT2D eigenvalue weighted by molar-refractivity contribution is -0.121. The van der Waals surface area contributed by atoms with E-state index in [-0.39, 0.29) is 23.9 Å². The van der Waals surface area contributed by atoms with Crippen LogP contribution in [-0.4, -0.2) is 29.4 Å². The number of carbonyl (C=O) groups is 2. The summed E-state index contributed by atoms with van der Waals surface area (Å²) >= 11 is 12.1. The van der Waals surface area contributed by atoms with Gasteiger partial charge in [0.25, 0.3) is 5.91 Å². The molecule has 2 fully saturated rings. The number of hydrogen-bond acceptors (Lipinski definition) is 2. The quantitative estimate of drug-likeness (QED) is 0.744. The first-order valence-corrected chi connectivity index (χ1v) is 7.36. The number of piperidine rings is 1. The van der Waals surface area contributed by atoms with Crippen LogP contribution in [0.2, 0.25) is 10.0 Å². The minimum Gasteiger partial charge on any atom is -0.312 e. The Kier molecular flexibility index (Phi) is 3.38. The maximum absolute atomic E-state index is 12.6. The number of halogens is 2. The van der Waals surface area contributed by atoms with Crippen molar-refractivity contribution < 1.29 is 9.59 Å². The number of benzene rings is 1. The molecule has 3 rings (SSSR count). The fraction of sp³-hybridized carbons (Fsp3) is 0.429. The summed E-state index contributed by atoms with van der Waals surface area (Å²) in [6.45, 7) is 2.62. The number of hydrogen-bond donors (Lipinski definition) is 0. The summed E-state index contributed by atoms with van der Waals surface area (Å²) in [5.41, 5.74) is 0.371. The van der Waals surface area contributed by atoms with Crippen LogP contribution < -0.4 is 4.90 Å². The molecule has 0 saturated carbocycles. The van der Waals surface area contributed by atoms with E-state index >= 15 is 0 Å². The number of nitrogens with zero attached hydrogens (tertiary/aromatic N) is 2. The average Bonchev–Trinajstić information content (AvgIpc) is 2.66. The summed E-state index contributed by atoms with van der Waals surface area (Å²) in [5, 5.41) is 0.798. The molecule has 0 aliphatic carbocycles. The van der Waals surface area contributed by atoms with E-state index in [2.05, 4.69) is 0 Å². The van der Waals surface area contributed by atoms with E-state index in [1.54, 1.807) is 23.1 Å². The molecule has 2 aliphatic heterocycles. The zero-order valence-electron chi connectivity index (χ0n) is 11.0. The largest absolute Gasteiger partial charge is 0.332 e. The second-order valence-electron chi connectivity index (χ2n) is 5.31. The molecule has 3 amide bonds. The van der Waals surface area contributed by atoms with Crippen LogP contribution >= 0.6 is 23.2 Å². The summed E-state index contributed by atoms with van der Waals surface area (Å²) in [6, 6.07) is 4.12. The highest BCUT2D eigenvalue weighted by Gasteiger charge is 2.49. The van der Waals surface area contributed by atoms with Gasteiger partial charge in [-0.2, -0.15) is 0 Å². The fourth-order valence-corrected chi connectivity index (χ4v) is 3.38. The molecule has 0 N–H and O–H groups in total. The minimum atomic E-state index is -0.369. The van der Waals surface area contributed by atoms with E-state index in [1.807, 2.05) is 6.92 Å². The molecule has 1 aromatic carbocycles. The molecule has 0 radical (unpaired) electrons. The highest BCUT2D eigenvalue weighted by atomic mass is 35.5. The lowest BCUT2D eigenvalue weighted by Crippen LogP contribution is -2.44. The van der Waals surface area contributed by atoms with Gasteiger partial charge >= 0.3 is 6.03 Å². The molecule has 2 unspecified atom stereocenters. The van der Waals surface area contributed by atoms with E-state index in [1.165, 1.54) is 4.90 Å². The Labute approximate surface area is 127 Å². The van der Waals surface area contributed by atoms with Gasteiger partial charge in [-0.15, -0.1) is 0 Å². The van der Waals surface area contributed by atoms with Gasteiger partial charge in [0, 0.05) is 11.6 Å². The summed E-state index contributed by atoms with van der Waals surface area (Å²) in [7, 11) is 0. The zero-order chi connectivity index (χ0) is 14.4. The first-order valence-electron chi connectivity index (χ1n) is 6.60. The predicted molar refractivity (Wildman–Crippen MR) is 78.2 cm³/mol. The number of carbonyl (C=O) groups excluding carboxylic acids is 2. The first kappa shape index (κ1) is 13.7. The van der Waals surface area contributed by atoms with Crippen molar-refractivity contribution in [3.05, 3.63) is 28.2 Å². The van der Waals surface area contributed by atoms with Crippen LogP contribution in [0.15, 0.2) is 18.2 Å². The Bertz CT molecular complexity index is 591. The molecule has 2 aliphatic rings. The molecule has 2 saturated heterocycles. The van der Waals surface area contributed by atoms with Gasteiger partial charge in [0.05, 0.1) is 10.7 Å². The molecule has 20 heavy (non-hydrogen) atoms. The van der Waals surface area contributed by atoms with Gasteiger partial charge < -0.3 is 4.90 Å². The predicted octanol–water partition coefficient (Wildman–Crippen LogP) is 3.56. The van der Waals surface area contributed by atoms with Gasteiger partial charge in [-0.3, -0.25) is 4.79 Å². The number of anilines is 1. The van der Waals surface area contributed by atoms with Crippen molar-refractivity contribution in [2.75, 3.05) is 11.4 Å². The van der Waals surface area contributed by atoms with E-state index in [4.69, 9.17) is 23.2 Å². The first-order chi connectivity index (χ1) is 9.50. The van der Waals surface area contributed by atoms with Crippen LogP contribution in [0.3, 0.4) is 0 Å². The van der Waals surface area contributed by atoms with Crippen molar-refractivity contribution >= 4 is 40.8 Å². The monoisotopic (exact) mass is 312 g/mol. The number of rotatable bonds is 1. The molecule has 0 bridgehead atoms. The highest BCUT2D eigenvalue weighted by Crippen LogP contribution is 2.37. The SMILES string of the molecule is CC1CCCN2C(=O)N(c3cc(Cl)ccc3Cl)C(=O)C12. The number of imide groups is 1. The third kappa shape index (κ3) is 1.98. The van der Waals surface area contributed by atoms with Crippen molar-refractivity contribution in [2.24, 2.45) is 5.92 Å². The van der Waals surface area contributed by atoms with Crippen molar-refractivity contribution in [2.45, 2.75) is 25.8 Å². The Morgan fingerprint density at radius 3 is 2.70 bits per heavy atom. The van der Waals surface area contributed by atoms with E-state index in [0.717, 1.165) is 12.8 Å². The molecule has 6 heteroatoms. The van der Waals surface area contributed by atoms with Gasteiger partial charge in [0.2, 0.25) is 0 Å². The smallest absolute Gasteiger partial charge is 0.312 e. The molecule has 0 spiro atoms. The van der Waals surface area contributed by atoms with Crippen molar-refractivity contribution in [1.29, 1.82) is 0 Å². The second kappa shape index (κ2) is 4.93. The maximum atomic E-state index is 12.6. The van der Waals surface area contributed by atoms with Crippen LogP contribution in [0.5, 0.6) is 0 Å². The van der Waals surface area contributed by atoms with E-state index in [0.29, 0.717) is 22.3 Å². The zero-order valence-corrected chi connectivity index (χ0v) is 12.5. The number of amides is 3. The normalized spacial score (nSPS) is 26.1. The summed E-state index contributed by atoms with van der Waals surface area (Å²) in [6.07, 6.45) is 1.88. The van der Waals surface area contributed by atoms with E-state index < -0.39 is 0 Å². The molecule has 4 nitrogen and oxygen atoms in total. The van der Waals surface area contributed by atoms with Crippen LogP contribution in [0.1, 0.15) is 19.8 Å². The fourth-order valence-electron chi connectivity index (χ4n) is 3.01. The molecular formula is C14H14Cl2N2O2. The van der Waals surface area contributed by atoms with Crippen LogP contribution in [0.25, 0.3) is 0 Å². The third-order valence-corrected chi connectivity index (χ3v) is 4.55. The Balaban J connectivity index is 2.04. The average molecular weight is 313 g/mol. The van der Waals surface area contributed by atoms with Crippen LogP contribution in [0.4, 0.5) is 10.5 Å². The summed E-state index contributed by atoms with van der Waals surface area (Å²) in [4.78, 5) is 27.9. The van der Waals surface area contributed by atoms with Gasteiger partial charge in [-0.1, -0.05) is 30.1 Å². The Morgan fingerprint density at radius 1 is 1.25 bits per heavy atom. The standard InChI is InChI=1S/C14H14Cl2N2O2/c1-8-3-2-6-17-12(8)13(19)18(14(17)20)11-7-9(15)4-5-10(11)16/h4-5,7-8,12H,2-3,6H2,1H3. The summed E-state index contributed by atoms with van der Waals surface area (Å²) < 4.78 is 0. The molecule has 1 aromatic rings. The maximum Gasteiger partial charge on any atom is 0.332 e. The Hall–Kier alpha value is -1.26. The van der Waals surface area contributed by atoms with Crippen LogP contribution in [0, 0.1) is 5.92 Å². The van der Waals surface area contributed by atoms with Gasteiger partial charge in [-0.25, -0.2) is 9.69 Å². The molecular weight excluding hydrogens is 299 g/mol. The minimum absolute atomic E-state index is 0.170. The number of urea groups is 1. The second-order valence-corrected chi connectivity index (χ2v) is 6.15. The van der Waals surface area contributed by atoms with Crippen LogP contribution in [-0.2, 0) is 4.79 Å². The number of fused-ring (bicyclic) bond motifs is 1. The highest BCUT2D eigenvalue weighted by molar-refractivity contribution is 6.37. The molecule has 2 atom stereocenters. The third-order valence-electron chi connectivity index (χ3n) is 3.99. The van der Waals surface area contributed by atoms with Crippen molar-refractivity contribution in [3.8, 4) is 0 Å². The van der Waals surface area contributed by atoms with Gasteiger partial charge in [-0.05, 0) is 37.0 Å².